The number of guanidine groups is 1. The van der Waals surface area contributed by atoms with E-state index in [1.807, 2.05) is 18.4 Å². The molecule has 2 rings (SSSR count). The number of nitrogens with zero attached hydrogens (tertiary/aromatic N) is 1. The second kappa shape index (κ2) is 13.3. The number of carbonyl (C=O) groups is 1. The fraction of sp³-hybridized carbons (Fsp3) is 0.368. The molecule has 1 amide bonds. The maximum absolute atomic E-state index is 13.6. The van der Waals surface area contributed by atoms with E-state index in [4.69, 9.17) is 4.74 Å². The van der Waals surface area contributed by atoms with Crippen molar-refractivity contribution in [3.05, 3.63) is 52.5 Å². The fourth-order valence-electron chi connectivity index (χ4n) is 2.25. The van der Waals surface area contributed by atoms with Crippen LogP contribution in [-0.4, -0.2) is 44.7 Å². The summed E-state index contributed by atoms with van der Waals surface area (Å²) < 4.78 is 19.2. The summed E-state index contributed by atoms with van der Waals surface area (Å²) in [6, 6.07) is 9.98. The molecule has 1 aromatic carbocycles. The summed E-state index contributed by atoms with van der Waals surface area (Å²) in [7, 11) is 1.68. The molecule has 9 heteroatoms. The summed E-state index contributed by atoms with van der Waals surface area (Å²) in [6.45, 7) is 3.57. The summed E-state index contributed by atoms with van der Waals surface area (Å²) >= 11 is 1.42. The molecule has 0 aliphatic rings. The Morgan fingerprint density at radius 2 is 1.93 bits per heavy atom. The van der Waals surface area contributed by atoms with Gasteiger partial charge in [0.15, 0.2) is 17.5 Å². The predicted octanol–water partition coefficient (Wildman–Crippen LogP) is 3.26. The molecule has 0 saturated carbocycles. The van der Waals surface area contributed by atoms with E-state index in [2.05, 4.69) is 20.9 Å². The largest absolute Gasteiger partial charge is 0.486 e. The molecule has 2 aromatic rings. The van der Waals surface area contributed by atoms with Gasteiger partial charge in [-0.05, 0) is 36.9 Å². The minimum absolute atomic E-state index is 0. The summed E-state index contributed by atoms with van der Waals surface area (Å²) in [5.41, 5.74) is 0. The van der Waals surface area contributed by atoms with Crippen LogP contribution in [0, 0.1) is 5.82 Å². The van der Waals surface area contributed by atoms with Crippen molar-refractivity contribution < 1.29 is 13.9 Å². The van der Waals surface area contributed by atoms with Gasteiger partial charge >= 0.3 is 0 Å². The lowest BCUT2D eigenvalue weighted by molar-refractivity contribution is 0.0957. The molecule has 6 nitrogen and oxygen atoms in total. The quantitative estimate of drug-likeness (QED) is 0.206. The van der Waals surface area contributed by atoms with Gasteiger partial charge in [0.2, 0.25) is 0 Å². The van der Waals surface area contributed by atoms with Crippen LogP contribution in [0.15, 0.2) is 46.8 Å². The van der Waals surface area contributed by atoms with Crippen molar-refractivity contribution in [1.82, 2.24) is 16.0 Å². The molecule has 0 aliphatic carbocycles. The van der Waals surface area contributed by atoms with Crippen LogP contribution in [-0.2, 0) is 0 Å². The molecule has 1 unspecified atom stereocenters. The average Bonchev–Trinajstić information content (AvgIpc) is 3.20. The van der Waals surface area contributed by atoms with Crippen LogP contribution in [0.4, 0.5) is 4.39 Å². The van der Waals surface area contributed by atoms with E-state index < -0.39 is 0 Å². The Kier molecular flexibility index (Phi) is 11.5. The molecule has 0 spiro atoms. The number of ether oxygens (including phenoxy) is 1. The number of carbonyl (C=O) groups excluding carboxylic acids is 1. The van der Waals surface area contributed by atoms with Gasteiger partial charge in [-0.25, -0.2) is 4.39 Å². The molecule has 28 heavy (non-hydrogen) atoms. The van der Waals surface area contributed by atoms with E-state index in [-0.39, 0.29) is 47.6 Å². The highest BCUT2D eigenvalue weighted by molar-refractivity contribution is 14.0. The Balaban J connectivity index is 0.00000392. The van der Waals surface area contributed by atoms with Gasteiger partial charge in [-0.2, -0.15) is 0 Å². The minimum atomic E-state index is -0.378. The Labute approximate surface area is 186 Å². The Bertz CT molecular complexity index is 743. The van der Waals surface area contributed by atoms with Crippen molar-refractivity contribution in [2.75, 3.05) is 26.7 Å². The van der Waals surface area contributed by atoms with Crippen LogP contribution in [0.3, 0.4) is 0 Å². The van der Waals surface area contributed by atoms with Gasteiger partial charge in [-0.15, -0.1) is 35.3 Å². The van der Waals surface area contributed by atoms with Crippen LogP contribution in [0.1, 0.15) is 23.0 Å². The Morgan fingerprint density at radius 1 is 1.18 bits per heavy atom. The minimum Gasteiger partial charge on any atom is -0.486 e. The van der Waals surface area contributed by atoms with Crippen LogP contribution in [0.2, 0.25) is 0 Å². The van der Waals surface area contributed by atoms with Crippen molar-refractivity contribution in [2.24, 2.45) is 4.99 Å². The lowest BCUT2D eigenvalue weighted by atomic mass is 10.3. The molecule has 0 aliphatic heterocycles. The smallest absolute Gasteiger partial charge is 0.261 e. The highest BCUT2D eigenvalue weighted by Gasteiger charge is 2.09. The van der Waals surface area contributed by atoms with E-state index in [1.54, 1.807) is 31.3 Å². The number of nitrogens with one attached hydrogen (secondary N) is 3. The molecule has 0 bridgehead atoms. The summed E-state index contributed by atoms with van der Waals surface area (Å²) in [6.07, 6.45) is 0.532. The second-order valence-corrected chi connectivity index (χ2v) is 6.77. The SMILES string of the molecule is CN=C(NCCCNC(=O)c1cccs1)NCC(C)Oc1ccccc1F.I. The first-order chi connectivity index (χ1) is 13.1. The molecule has 1 heterocycles. The number of amides is 1. The first kappa shape index (κ1) is 24.2. The third kappa shape index (κ3) is 8.42. The maximum Gasteiger partial charge on any atom is 0.261 e. The lowest BCUT2D eigenvalue weighted by Gasteiger charge is -2.18. The molecule has 0 fully saturated rings. The van der Waals surface area contributed by atoms with E-state index in [9.17, 15) is 9.18 Å². The normalized spacial score (nSPS) is 11.9. The highest BCUT2D eigenvalue weighted by Crippen LogP contribution is 2.16. The van der Waals surface area contributed by atoms with Crippen LogP contribution < -0.4 is 20.7 Å². The van der Waals surface area contributed by atoms with E-state index >= 15 is 0 Å². The molecule has 0 saturated heterocycles. The van der Waals surface area contributed by atoms with Gasteiger partial charge < -0.3 is 20.7 Å². The zero-order chi connectivity index (χ0) is 19.5. The summed E-state index contributed by atoms with van der Waals surface area (Å²) in [5.74, 6) is 0.433. The molecule has 1 atom stereocenters. The molecule has 0 radical (unpaired) electrons. The standard InChI is InChI=1S/C19H25FN4O2S.HI/c1-14(26-16-8-4-3-7-15(16)20)13-24-19(21-2)23-11-6-10-22-18(25)17-9-5-12-27-17;/h3-5,7-9,12,14H,6,10-11,13H2,1-2H3,(H,22,25)(H2,21,23,24);1H. The second-order valence-electron chi connectivity index (χ2n) is 5.83. The highest BCUT2D eigenvalue weighted by atomic mass is 127. The molecule has 3 N–H and O–H groups in total. The Morgan fingerprint density at radius 3 is 2.61 bits per heavy atom. The van der Waals surface area contributed by atoms with Crippen LogP contribution in [0.5, 0.6) is 5.75 Å². The number of aliphatic imine (C=N–C) groups is 1. The van der Waals surface area contributed by atoms with Crippen molar-refractivity contribution in [3.8, 4) is 5.75 Å². The number of halogens is 2. The van der Waals surface area contributed by atoms with Gasteiger partial charge in [0.05, 0.1) is 11.4 Å². The number of hydrogen-bond donors (Lipinski definition) is 3. The summed E-state index contributed by atoms with van der Waals surface area (Å²) in [4.78, 5) is 16.7. The van der Waals surface area contributed by atoms with E-state index in [0.29, 0.717) is 30.5 Å². The lowest BCUT2D eigenvalue weighted by Crippen LogP contribution is -2.42. The number of hydrogen-bond acceptors (Lipinski definition) is 4. The van der Waals surface area contributed by atoms with Crippen LogP contribution in [0.25, 0.3) is 0 Å². The van der Waals surface area contributed by atoms with E-state index in [1.165, 1.54) is 17.4 Å². The molecule has 1 aromatic heterocycles. The maximum atomic E-state index is 13.6. The fourth-order valence-corrected chi connectivity index (χ4v) is 2.89. The monoisotopic (exact) mass is 520 g/mol. The van der Waals surface area contributed by atoms with Crippen molar-refractivity contribution >= 4 is 47.2 Å². The zero-order valence-corrected chi connectivity index (χ0v) is 19.1. The third-order valence-electron chi connectivity index (χ3n) is 3.62. The first-order valence-electron chi connectivity index (χ1n) is 8.77. The average molecular weight is 520 g/mol. The van der Waals surface area contributed by atoms with E-state index in [0.717, 1.165) is 6.42 Å². The van der Waals surface area contributed by atoms with Crippen molar-refractivity contribution in [1.29, 1.82) is 0 Å². The van der Waals surface area contributed by atoms with Gasteiger partial charge in [-0.1, -0.05) is 18.2 Å². The third-order valence-corrected chi connectivity index (χ3v) is 4.49. The molecular weight excluding hydrogens is 494 g/mol. The number of rotatable bonds is 9. The topological polar surface area (TPSA) is 74.8 Å². The van der Waals surface area contributed by atoms with Gasteiger partial charge in [0.25, 0.3) is 5.91 Å². The first-order valence-corrected chi connectivity index (χ1v) is 9.65. The number of para-hydroxylation sites is 1. The van der Waals surface area contributed by atoms with Crippen molar-refractivity contribution in [3.63, 3.8) is 0 Å². The van der Waals surface area contributed by atoms with Crippen molar-refractivity contribution in [2.45, 2.75) is 19.4 Å². The number of benzene rings is 1. The number of thiophene rings is 1. The van der Waals surface area contributed by atoms with Crippen LogP contribution >= 0.6 is 35.3 Å². The summed E-state index contributed by atoms with van der Waals surface area (Å²) in [5, 5.41) is 11.1. The van der Waals surface area contributed by atoms with Gasteiger partial charge in [0.1, 0.15) is 6.10 Å². The predicted molar refractivity (Wildman–Crippen MR) is 123 cm³/mol. The molecular formula is C19H26FIN4O2S. The van der Waals surface area contributed by atoms with Gasteiger partial charge in [0, 0.05) is 20.1 Å². The van der Waals surface area contributed by atoms with Gasteiger partial charge in [-0.3, -0.25) is 9.79 Å². The zero-order valence-electron chi connectivity index (χ0n) is 15.9. The molecule has 154 valence electrons. The Hall–Kier alpha value is -1.88.